The fraction of sp³-hybridized carbons (Fsp3) is 0.706. The molecule has 4 heteroatoms. The highest BCUT2D eigenvalue weighted by molar-refractivity contribution is 7.14. The van der Waals surface area contributed by atoms with Gasteiger partial charge in [0.15, 0.2) is 0 Å². The quantitative estimate of drug-likeness (QED) is 0.866. The van der Waals surface area contributed by atoms with Crippen molar-refractivity contribution >= 4 is 17.2 Å². The van der Waals surface area contributed by atoms with Crippen LogP contribution in [0.2, 0.25) is 0 Å². The average Bonchev–Trinajstić information content (AvgIpc) is 2.83. The lowest BCUT2D eigenvalue weighted by Gasteiger charge is -2.42. The fourth-order valence-electron chi connectivity index (χ4n) is 3.51. The fourth-order valence-corrected chi connectivity index (χ4v) is 4.69. The van der Waals surface area contributed by atoms with Crippen LogP contribution >= 0.6 is 11.3 Å². The molecule has 2 heterocycles. The van der Waals surface area contributed by atoms with Gasteiger partial charge in [0.1, 0.15) is 0 Å². The van der Waals surface area contributed by atoms with Crippen molar-refractivity contribution in [3.63, 3.8) is 0 Å². The molecule has 0 saturated carbocycles. The van der Waals surface area contributed by atoms with Crippen LogP contribution in [-0.2, 0) is 12.8 Å². The molecule has 2 atom stereocenters. The lowest BCUT2D eigenvalue weighted by molar-refractivity contribution is 0.0537. The van der Waals surface area contributed by atoms with Crippen molar-refractivity contribution in [2.45, 2.75) is 52.5 Å². The van der Waals surface area contributed by atoms with Crippen molar-refractivity contribution in [1.29, 1.82) is 0 Å². The minimum absolute atomic E-state index is 0.0132. The van der Waals surface area contributed by atoms with Crippen molar-refractivity contribution in [3.05, 3.63) is 21.4 Å². The van der Waals surface area contributed by atoms with Crippen LogP contribution < -0.4 is 5.73 Å². The molecule has 21 heavy (non-hydrogen) atoms. The summed E-state index contributed by atoms with van der Waals surface area (Å²) in [6.07, 6.45) is 4.44. The maximum atomic E-state index is 12.8. The van der Waals surface area contributed by atoms with Gasteiger partial charge in [-0.05, 0) is 48.6 Å². The van der Waals surface area contributed by atoms with Crippen LogP contribution in [0.4, 0.5) is 0 Å². The Kier molecular flexibility index (Phi) is 3.87. The molecule has 2 unspecified atom stereocenters. The van der Waals surface area contributed by atoms with E-state index >= 15 is 0 Å². The molecule has 0 bridgehead atoms. The van der Waals surface area contributed by atoms with Crippen molar-refractivity contribution in [3.8, 4) is 0 Å². The number of fused-ring (bicyclic) bond motifs is 1. The number of nitrogens with two attached hydrogens (primary N) is 1. The highest BCUT2D eigenvalue weighted by Gasteiger charge is 2.36. The minimum atomic E-state index is 0.0132. The van der Waals surface area contributed by atoms with Crippen LogP contribution in [-0.4, -0.2) is 29.9 Å². The number of likely N-dealkylation sites (tertiary alicyclic amines) is 1. The van der Waals surface area contributed by atoms with Gasteiger partial charge in [0.25, 0.3) is 5.91 Å². The van der Waals surface area contributed by atoms with Crippen LogP contribution in [0.1, 0.15) is 53.7 Å². The zero-order valence-corrected chi connectivity index (χ0v) is 14.1. The second-order valence-electron chi connectivity index (χ2n) is 7.52. The lowest BCUT2D eigenvalue weighted by atomic mass is 9.79. The van der Waals surface area contributed by atoms with Gasteiger partial charge in [-0.3, -0.25) is 4.79 Å². The van der Waals surface area contributed by atoms with Gasteiger partial charge in [-0.2, -0.15) is 0 Å². The monoisotopic (exact) mass is 306 g/mol. The van der Waals surface area contributed by atoms with Crippen LogP contribution in [0.15, 0.2) is 6.07 Å². The summed E-state index contributed by atoms with van der Waals surface area (Å²) >= 11 is 1.72. The minimum Gasteiger partial charge on any atom is -0.337 e. The number of piperidine rings is 1. The van der Waals surface area contributed by atoms with E-state index in [0.717, 1.165) is 43.1 Å². The van der Waals surface area contributed by atoms with Crippen LogP contribution in [0.25, 0.3) is 0 Å². The molecular formula is C17H26N2OS. The molecule has 0 aromatic carbocycles. The first-order chi connectivity index (χ1) is 9.87. The van der Waals surface area contributed by atoms with E-state index in [1.165, 1.54) is 16.9 Å². The molecule has 0 spiro atoms. The Bertz CT molecular complexity index is 549. The van der Waals surface area contributed by atoms with Crippen LogP contribution in [0.3, 0.4) is 0 Å². The lowest BCUT2D eigenvalue weighted by Crippen LogP contribution is -2.53. The van der Waals surface area contributed by atoms with Gasteiger partial charge < -0.3 is 10.6 Å². The van der Waals surface area contributed by atoms with E-state index in [-0.39, 0.29) is 17.4 Å². The predicted octanol–water partition coefficient (Wildman–Crippen LogP) is 3.07. The van der Waals surface area contributed by atoms with E-state index in [2.05, 4.69) is 26.8 Å². The summed E-state index contributed by atoms with van der Waals surface area (Å²) in [5, 5.41) is 0. The molecule has 1 fully saturated rings. The molecule has 0 radical (unpaired) electrons. The average molecular weight is 306 g/mol. The van der Waals surface area contributed by atoms with E-state index in [0.29, 0.717) is 0 Å². The van der Waals surface area contributed by atoms with Gasteiger partial charge in [-0.15, -0.1) is 11.3 Å². The number of nitrogens with zero attached hydrogens (tertiary/aromatic N) is 1. The Morgan fingerprint density at radius 2 is 2.19 bits per heavy atom. The molecular weight excluding hydrogens is 280 g/mol. The molecule has 1 amide bonds. The van der Waals surface area contributed by atoms with Gasteiger partial charge in [-0.25, -0.2) is 0 Å². The Morgan fingerprint density at radius 1 is 1.43 bits per heavy atom. The second-order valence-corrected chi connectivity index (χ2v) is 8.65. The first-order valence-electron chi connectivity index (χ1n) is 8.03. The summed E-state index contributed by atoms with van der Waals surface area (Å²) in [5.74, 6) is 0.962. The zero-order chi connectivity index (χ0) is 15.2. The third-order valence-corrected chi connectivity index (χ3v) is 6.36. The number of carbonyl (C=O) groups excluding carboxylic acids is 1. The smallest absolute Gasteiger partial charge is 0.263 e. The molecule has 3 nitrogen and oxygen atoms in total. The van der Waals surface area contributed by atoms with Crippen molar-refractivity contribution < 1.29 is 4.79 Å². The topological polar surface area (TPSA) is 46.3 Å². The van der Waals surface area contributed by atoms with E-state index in [9.17, 15) is 4.79 Å². The number of hydrogen-bond acceptors (Lipinski definition) is 3. The van der Waals surface area contributed by atoms with E-state index < -0.39 is 0 Å². The summed E-state index contributed by atoms with van der Waals surface area (Å²) in [5.41, 5.74) is 7.60. The van der Waals surface area contributed by atoms with Gasteiger partial charge in [0, 0.05) is 24.0 Å². The Morgan fingerprint density at radius 3 is 2.90 bits per heavy atom. The summed E-state index contributed by atoms with van der Waals surface area (Å²) < 4.78 is 0. The van der Waals surface area contributed by atoms with E-state index in [4.69, 9.17) is 5.73 Å². The summed E-state index contributed by atoms with van der Waals surface area (Å²) in [6, 6.07) is 2.35. The Balaban J connectivity index is 1.77. The van der Waals surface area contributed by atoms with E-state index in [1.54, 1.807) is 11.3 Å². The first kappa shape index (κ1) is 15.0. The third-order valence-electron chi connectivity index (χ3n) is 5.14. The van der Waals surface area contributed by atoms with Gasteiger partial charge in [-0.1, -0.05) is 20.8 Å². The number of aryl methyl sites for hydroxylation is 1. The number of amides is 1. The Hall–Kier alpha value is -0.870. The molecule has 1 aromatic heterocycles. The SMILES string of the molecule is CC1CCc2sc(C(=O)N3CCC(N)C(C)(C)C3)cc2C1. The zero-order valence-electron chi connectivity index (χ0n) is 13.3. The molecule has 1 saturated heterocycles. The molecule has 2 N–H and O–H groups in total. The molecule has 3 rings (SSSR count). The van der Waals surface area contributed by atoms with Gasteiger partial charge in [0.05, 0.1) is 4.88 Å². The largest absolute Gasteiger partial charge is 0.337 e. The first-order valence-corrected chi connectivity index (χ1v) is 8.85. The van der Waals surface area contributed by atoms with Crippen LogP contribution in [0.5, 0.6) is 0 Å². The Labute approximate surface area is 131 Å². The highest BCUT2D eigenvalue weighted by Crippen LogP contribution is 2.34. The second kappa shape index (κ2) is 5.40. The molecule has 2 aliphatic rings. The molecule has 1 aromatic rings. The normalized spacial score (nSPS) is 28.3. The maximum Gasteiger partial charge on any atom is 0.263 e. The molecule has 1 aliphatic carbocycles. The molecule has 116 valence electrons. The highest BCUT2D eigenvalue weighted by atomic mass is 32.1. The number of thiophene rings is 1. The van der Waals surface area contributed by atoms with E-state index in [1.807, 2.05) is 4.90 Å². The van der Waals surface area contributed by atoms with Crippen LogP contribution in [0, 0.1) is 11.3 Å². The number of rotatable bonds is 1. The van der Waals surface area contributed by atoms with Crippen molar-refractivity contribution in [2.24, 2.45) is 17.1 Å². The summed E-state index contributed by atoms with van der Waals surface area (Å²) in [6.45, 7) is 8.20. The summed E-state index contributed by atoms with van der Waals surface area (Å²) in [4.78, 5) is 17.2. The maximum absolute atomic E-state index is 12.8. The van der Waals surface area contributed by atoms with Gasteiger partial charge >= 0.3 is 0 Å². The van der Waals surface area contributed by atoms with Gasteiger partial charge in [0.2, 0.25) is 0 Å². The molecule has 1 aliphatic heterocycles. The predicted molar refractivity (Wildman–Crippen MR) is 87.8 cm³/mol. The number of hydrogen-bond donors (Lipinski definition) is 1. The summed E-state index contributed by atoms with van der Waals surface area (Å²) in [7, 11) is 0. The number of carbonyl (C=O) groups is 1. The standard InChI is InChI=1S/C17H26N2OS/c1-11-4-5-13-12(8-11)9-14(21-13)16(20)19-7-6-15(18)17(2,3)10-19/h9,11,15H,4-8,10,18H2,1-3H3. The van der Waals surface area contributed by atoms with Crippen molar-refractivity contribution in [1.82, 2.24) is 4.90 Å². The third kappa shape index (κ3) is 2.88. The van der Waals surface area contributed by atoms with Crippen molar-refractivity contribution in [2.75, 3.05) is 13.1 Å².